The van der Waals surface area contributed by atoms with Gasteiger partial charge in [0.25, 0.3) is 0 Å². The number of aliphatic hydroxyl groups is 1. The molecule has 0 aliphatic heterocycles. The summed E-state index contributed by atoms with van der Waals surface area (Å²) in [5.74, 6) is -0.345. The largest absolute Gasteiger partial charge is 0.387 e. The second kappa shape index (κ2) is 6.53. The van der Waals surface area contributed by atoms with E-state index in [0.29, 0.717) is 12.1 Å². The van der Waals surface area contributed by atoms with Crippen LogP contribution in [0.3, 0.4) is 0 Å². The molecule has 15 heavy (non-hydrogen) atoms. The van der Waals surface area contributed by atoms with Crippen molar-refractivity contribution in [3.63, 3.8) is 0 Å². The van der Waals surface area contributed by atoms with Gasteiger partial charge in [-0.3, -0.25) is 0 Å². The summed E-state index contributed by atoms with van der Waals surface area (Å²) in [6.45, 7) is 3.37. The Morgan fingerprint density at radius 2 is 2.13 bits per heavy atom. The zero-order valence-electron chi connectivity index (χ0n) is 9.04. The predicted octanol–water partition coefficient (Wildman–Crippen LogP) is 2.25. The van der Waals surface area contributed by atoms with Crippen molar-refractivity contribution < 1.29 is 9.50 Å². The average Bonchev–Trinajstić information content (AvgIpc) is 2.25. The number of benzene rings is 1. The van der Waals surface area contributed by atoms with Crippen molar-refractivity contribution in [3.05, 3.63) is 35.6 Å². The summed E-state index contributed by atoms with van der Waals surface area (Å²) in [4.78, 5) is 0. The van der Waals surface area contributed by atoms with Gasteiger partial charge in [0.15, 0.2) is 0 Å². The Kier molecular flexibility index (Phi) is 5.29. The fraction of sp³-hybridized carbons (Fsp3) is 0.500. The van der Waals surface area contributed by atoms with Crippen LogP contribution in [-0.2, 0) is 0 Å². The highest BCUT2D eigenvalue weighted by Gasteiger charge is 2.10. The molecule has 1 rings (SSSR count). The van der Waals surface area contributed by atoms with E-state index in [1.54, 1.807) is 18.2 Å². The van der Waals surface area contributed by atoms with Gasteiger partial charge in [0.2, 0.25) is 0 Å². The third-order valence-electron chi connectivity index (χ3n) is 2.31. The minimum Gasteiger partial charge on any atom is -0.387 e. The fourth-order valence-corrected chi connectivity index (χ4v) is 1.40. The lowest BCUT2D eigenvalue weighted by molar-refractivity contribution is 0.170. The van der Waals surface area contributed by atoms with Gasteiger partial charge in [-0.2, -0.15) is 0 Å². The van der Waals surface area contributed by atoms with Crippen LogP contribution < -0.4 is 5.32 Å². The lowest BCUT2D eigenvalue weighted by atomic mass is 10.1. The van der Waals surface area contributed by atoms with Crippen LogP contribution in [0.1, 0.15) is 31.4 Å². The smallest absolute Gasteiger partial charge is 0.129 e. The number of nitrogens with one attached hydrogen (secondary N) is 1. The van der Waals surface area contributed by atoms with Crippen LogP contribution in [0.4, 0.5) is 4.39 Å². The number of halogens is 1. The van der Waals surface area contributed by atoms with E-state index in [9.17, 15) is 9.50 Å². The van der Waals surface area contributed by atoms with Crippen LogP contribution in [0.15, 0.2) is 24.3 Å². The predicted molar refractivity (Wildman–Crippen MR) is 59.1 cm³/mol. The molecule has 1 aromatic carbocycles. The minimum atomic E-state index is -0.761. The van der Waals surface area contributed by atoms with E-state index in [2.05, 4.69) is 12.2 Å². The first-order valence-corrected chi connectivity index (χ1v) is 5.39. The maximum absolute atomic E-state index is 13.2. The van der Waals surface area contributed by atoms with E-state index in [0.717, 1.165) is 19.4 Å². The molecule has 0 amide bonds. The van der Waals surface area contributed by atoms with Gasteiger partial charge in [0, 0.05) is 12.1 Å². The van der Waals surface area contributed by atoms with Gasteiger partial charge in [-0.1, -0.05) is 31.5 Å². The van der Waals surface area contributed by atoms with Crippen molar-refractivity contribution in [1.82, 2.24) is 5.32 Å². The minimum absolute atomic E-state index is 0.345. The molecule has 0 aromatic heterocycles. The first-order chi connectivity index (χ1) is 7.25. The molecule has 0 aliphatic rings. The monoisotopic (exact) mass is 211 g/mol. The highest BCUT2D eigenvalue weighted by molar-refractivity contribution is 5.19. The van der Waals surface area contributed by atoms with Crippen molar-refractivity contribution in [2.24, 2.45) is 0 Å². The third kappa shape index (κ3) is 3.98. The first kappa shape index (κ1) is 12.1. The average molecular weight is 211 g/mol. The summed E-state index contributed by atoms with van der Waals surface area (Å²) >= 11 is 0. The second-order valence-electron chi connectivity index (χ2n) is 3.59. The van der Waals surface area contributed by atoms with Gasteiger partial charge < -0.3 is 10.4 Å². The van der Waals surface area contributed by atoms with Crippen LogP contribution >= 0.6 is 0 Å². The van der Waals surface area contributed by atoms with Crippen molar-refractivity contribution in [1.29, 1.82) is 0 Å². The van der Waals surface area contributed by atoms with Crippen LogP contribution in [0.25, 0.3) is 0 Å². The Morgan fingerprint density at radius 1 is 1.40 bits per heavy atom. The highest BCUT2D eigenvalue weighted by Crippen LogP contribution is 2.15. The molecule has 3 heteroatoms. The second-order valence-corrected chi connectivity index (χ2v) is 3.59. The molecule has 0 heterocycles. The Bertz CT molecular complexity index is 291. The molecule has 0 saturated carbocycles. The molecular formula is C12H18FNO. The summed E-state index contributed by atoms with van der Waals surface area (Å²) in [6.07, 6.45) is 1.43. The van der Waals surface area contributed by atoms with Gasteiger partial charge in [-0.15, -0.1) is 0 Å². The topological polar surface area (TPSA) is 32.3 Å². The van der Waals surface area contributed by atoms with E-state index < -0.39 is 6.10 Å². The Balaban J connectivity index is 2.40. The molecule has 0 spiro atoms. The molecule has 1 atom stereocenters. The SMILES string of the molecule is CCCCNCC(O)c1ccccc1F. The summed E-state index contributed by atoms with van der Waals surface area (Å²) in [5.41, 5.74) is 0.362. The van der Waals surface area contributed by atoms with Gasteiger partial charge in [-0.05, 0) is 19.0 Å². The number of rotatable bonds is 6. The standard InChI is InChI=1S/C12H18FNO/c1-2-3-8-14-9-12(15)10-6-4-5-7-11(10)13/h4-7,12,14-15H,2-3,8-9H2,1H3. The Labute approximate surface area is 90.1 Å². The van der Waals surface area contributed by atoms with Crippen molar-refractivity contribution >= 4 is 0 Å². The number of aliphatic hydroxyl groups excluding tert-OH is 1. The zero-order valence-corrected chi connectivity index (χ0v) is 9.04. The quantitative estimate of drug-likeness (QED) is 0.707. The maximum Gasteiger partial charge on any atom is 0.129 e. The lowest BCUT2D eigenvalue weighted by Crippen LogP contribution is -2.22. The van der Waals surface area contributed by atoms with Crippen molar-refractivity contribution in [3.8, 4) is 0 Å². The van der Waals surface area contributed by atoms with Gasteiger partial charge in [0.1, 0.15) is 5.82 Å². The summed E-state index contributed by atoms with van der Waals surface area (Å²) in [5, 5.41) is 12.8. The molecule has 2 nitrogen and oxygen atoms in total. The number of hydrogen-bond acceptors (Lipinski definition) is 2. The van der Waals surface area contributed by atoms with Gasteiger partial charge >= 0.3 is 0 Å². The van der Waals surface area contributed by atoms with Crippen LogP contribution in [0, 0.1) is 5.82 Å². The van der Waals surface area contributed by atoms with Crippen molar-refractivity contribution in [2.75, 3.05) is 13.1 Å². The Morgan fingerprint density at radius 3 is 2.80 bits per heavy atom. The summed E-state index contributed by atoms with van der Waals surface area (Å²) in [6, 6.07) is 6.33. The number of hydrogen-bond donors (Lipinski definition) is 2. The molecular weight excluding hydrogens is 193 g/mol. The number of unbranched alkanes of at least 4 members (excludes halogenated alkanes) is 1. The molecule has 0 bridgehead atoms. The molecule has 84 valence electrons. The van der Waals surface area contributed by atoms with Crippen LogP contribution in [0.2, 0.25) is 0 Å². The molecule has 0 aliphatic carbocycles. The van der Waals surface area contributed by atoms with Crippen LogP contribution in [0.5, 0.6) is 0 Å². The molecule has 0 fully saturated rings. The molecule has 1 unspecified atom stereocenters. The van der Waals surface area contributed by atoms with Crippen LogP contribution in [-0.4, -0.2) is 18.2 Å². The molecule has 0 radical (unpaired) electrons. The van der Waals surface area contributed by atoms with E-state index in [-0.39, 0.29) is 5.82 Å². The molecule has 1 aromatic rings. The zero-order chi connectivity index (χ0) is 11.1. The third-order valence-corrected chi connectivity index (χ3v) is 2.31. The lowest BCUT2D eigenvalue weighted by Gasteiger charge is -2.12. The van der Waals surface area contributed by atoms with Gasteiger partial charge in [-0.25, -0.2) is 4.39 Å². The highest BCUT2D eigenvalue weighted by atomic mass is 19.1. The summed E-state index contributed by atoms with van der Waals surface area (Å²) < 4.78 is 13.2. The van der Waals surface area contributed by atoms with E-state index in [1.807, 2.05) is 0 Å². The maximum atomic E-state index is 13.2. The van der Waals surface area contributed by atoms with E-state index in [1.165, 1.54) is 6.07 Å². The summed E-state index contributed by atoms with van der Waals surface area (Å²) in [7, 11) is 0. The van der Waals surface area contributed by atoms with Crippen molar-refractivity contribution in [2.45, 2.75) is 25.9 Å². The normalized spacial score (nSPS) is 12.7. The molecule has 2 N–H and O–H groups in total. The molecule has 0 saturated heterocycles. The van der Waals surface area contributed by atoms with Gasteiger partial charge in [0.05, 0.1) is 6.10 Å². The van der Waals surface area contributed by atoms with E-state index in [4.69, 9.17) is 0 Å². The fourth-order valence-electron chi connectivity index (χ4n) is 1.40. The first-order valence-electron chi connectivity index (χ1n) is 5.39. The van der Waals surface area contributed by atoms with E-state index >= 15 is 0 Å². The Hall–Kier alpha value is -0.930.